The molecule has 1 saturated heterocycles. The molecule has 1 N–H and O–H groups in total. The Labute approximate surface area is 282 Å². The summed E-state index contributed by atoms with van der Waals surface area (Å²) in [7, 11) is 3.48. The minimum Gasteiger partial charge on any atom is -0.497 e. The van der Waals surface area contributed by atoms with E-state index in [1.54, 1.807) is 46.0 Å². The lowest BCUT2D eigenvalue weighted by Gasteiger charge is -2.32. The first kappa shape index (κ1) is 34.7. The van der Waals surface area contributed by atoms with Gasteiger partial charge in [-0.05, 0) is 89.8 Å². The van der Waals surface area contributed by atoms with Crippen LogP contribution in [0.4, 0.5) is 0 Å². The number of carbonyl (C=O) groups is 1. The van der Waals surface area contributed by atoms with E-state index in [2.05, 4.69) is 47.2 Å². The second kappa shape index (κ2) is 15.0. The van der Waals surface area contributed by atoms with E-state index in [-0.39, 0.29) is 0 Å². The maximum Gasteiger partial charge on any atom is 0.310 e. The van der Waals surface area contributed by atoms with Gasteiger partial charge in [-0.25, -0.2) is 12.7 Å². The van der Waals surface area contributed by atoms with E-state index < -0.39 is 21.9 Å². The number of hydrogen-bond acceptors (Lipinski definition) is 7. The minimum absolute atomic E-state index is 0.344. The highest BCUT2D eigenvalue weighted by Crippen LogP contribution is 2.46. The summed E-state index contributed by atoms with van der Waals surface area (Å²) < 4.78 is 31.8. The van der Waals surface area contributed by atoms with Gasteiger partial charge in [0, 0.05) is 56.6 Å². The molecule has 4 aromatic rings. The number of sulfonamides is 1. The number of ether oxygens (including phenoxy) is 1. The third-order valence-corrected chi connectivity index (χ3v) is 11.7. The number of likely N-dealkylation sites (N-methyl/N-ethyl adjacent to an activating group) is 1. The van der Waals surface area contributed by atoms with Crippen molar-refractivity contribution in [3.05, 3.63) is 102 Å². The van der Waals surface area contributed by atoms with Crippen molar-refractivity contribution < 1.29 is 23.1 Å². The van der Waals surface area contributed by atoms with Gasteiger partial charge in [0.05, 0.1) is 17.9 Å². The summed E-state index contributed by atoms with van der Waals surface area (Å²) in [5.74, 6) is -0.490. The topological polar surface area (TPSA) is 90.4 Å². The van der Waals surface area contributed by atoms with Crippen LogP contribution in [0.2, 0.25) is 0 Å². The number of carboxylic acids is 1. The lowest BCUT2D eigenvalue weighted by Crippen LogP contribution is -2.44. The molecular weight excluding hydrogens is 631 g/mol. The van der Waals surface area contributed by atoms with Crippen molar-refractivity contribution in [2.45, 2.75) is 33.9 Å². The molecule has 8 nitrogen and oxygen atoms in total. The predicted octanol–water partition coefficient (Wildman–Crippen LogP) is 6.51. The molecule has 0 aromatic heterocycles. The molecule has 248 valence electrons. The van der Waals surface area contributed by atoms with Crippen LogP contribution >= 0.6 is 11.8 Å². The molecule has 2 aliphatic rings. The van der Waals surface area contributed by atoms with E-state index >= 15 is 0 Å². The Bertz CT molecular complexity index is 1880. The van der Waals surface area contributed by atoms with Gasteiger partial charge >= 0.3 is 5.97 Å². The maximum absolute atomic E-state index is 12.7. The normalized spacial score (nSPS) is 16.7. The van der Waals surface area contributed by atoms with Crippen molar-refractivity contribution in [1.82, 2.24) is 14.1 Å². The van der Waals surface area contributed by atoms with Gasteiger partial charge in [-0.3, -0.25) is 4.79 Å². The molecule has 0 amide bonds. The van der Waals surface area contributed by atoms with Crippen molar-refractivity contribution >= 4 is 44.1 Å². The largest absolute Gasteiger partial charge is 0.497 e. The molecule has 4 aromatic carbocycles. The van der Waals surface area contributed by atoms with Crippen molar-refractivity contribution in [3.63, 3.8) is 0 Å². The van der Waals surface area contributed by atoms with E-state index in [0.29, 0.717) is 4.90 Å². The molecule has 47 heavy (non-hydrogen) atoms. The summed E-state index contributed by atoms with van der Waals surface area (Å²) in [4.78, 5) is 18.5. The van der Waals surface area contributed by atoms with E-state index in [1.165, 1.54) is 14.8 Å². The SMILES string of the molecule is CN1CCN(CC/C=C2/c3ccccc3Sc3ccc(S(=O)(=O)N(C)C)cc32)CC1.COc1ccc2cc([C@H](C)C(=O)O)ccc2c1. The number of nitrogens with zero attached hydrogens (tertiary/aromatic N) is 3. The van der Waals surface area contributed by atoms with Gasteiger partial charge in [0.1, 0.15) is 5.75 Å². The van der Waals surface area contributed by atoms with Crippen LogP contribution in [0.3, 0.4) is 0 Å². The summed E-state index contributed by atoms with van der Waals surface area (Å²) in [5.41, 5.74) is 4.16. The zero-order valence-electron chi connectivity index (χ0n) is 27.6. The molecule has 0 bridgehead atoms. The number of rotatable bonds is 8. The van der Waals surface area contributed by atoms with Crippen LogP contribution in [0.15, 0.2) is 99.6 Å². The van der Waals surface area contributed by atoms with E-state index in [4.69, 9.17) is 9.84 Å². The smallest absolute Gasteiger partial charge is 0.310 e. The molecule has 0 aliphatic carbocycles. The molecule has 2 heterocycles. The number of hydrogen-bond donors (Lipinski definition) is 1. The van der Waals surface area contributed by atoms with E-state index in [0.717, 1.165) is 77.3 Å². The minimum atomic E-state index is -3.47. The average Bonchev–Trinajstić information content (AvgIpc) is 3.07. The molecule has 1 fully saturated rings. The van der Waals surface area contributed by atoms with Gasteiger partial charge in [0.15, 0.2) is 0 Å². The fraction of sp³-hybridized carbons (Fsp3) is 0.324. The molecule has 0 radical (unpaired) electrons. The Balaban J connectivity index is 0.000000216. The van der Waals surface area contributed by atoms with Gasteiger partial charge < -0.3 is 19.6 Å². The Kier molecular flexibility index (Phi) is 11.1. The second-order valence-corrected chi connectivity index (χ2v) is 15.4. The number of piperazine rings is 1. The van der Waals surface area contributed by atoms with Crippen molar-refractivity contribution in [2.24, 2.45) is 0 Å². The van der Waals surface area contributed by atoms with Gasteiger partial charge in [-0.2, -0.15) is 0 Å². The highest BCUT2D eigenvalue weighted by atomic mass is 32.2. The number of aliphatic carboxylic acids is 1. The highest BCUT2D eigenvalue weighted by Gasteiger charge is 2.25. The fourth-order valence-electron chi connectivity index (χ4n) is 5.69. The third kappa shape index (κ3) is 8.08. The number of carboxylic acid groups (broad SMARTS) is 1. The Morgan fingerprint density at radius 2 is 1.62 bits per heavy atom. The first-order valence-electron chi connectivity index (χ1n) is 15.7. The standard InChI is InChI=1S/C23H29N3O2S2.C14H14O3/c1-24(2)30(27,28)18-10-11-23-21(17-18)19(20-7-4-5-9-22(20)29-23)8-6-12-26-15-13-25(3)14-16-26;1-9(14(15)16)10-3-4-12-8-13(17-2)6-5-11(12)7-10/h4-5,7-11,17H,6,12-16H2,1-3H3;3-9H,1-2H3,(H,15,16)/b19-8-;/t;9-/m.0/s1. The zero-order chi connectivity index (χ0) is 33.7. The van der Waals surface area contributed by atoms with Crippen LogP contribution in [0.1, 0.15) is 36.0 Å². The van der Waals surface area contributed by atoms with Gasteiger partial charge in [0.2, 0.25) is 10.0 Å². The Hall–Kier alpha value is -3.67. The van der Waals surface area contributed by atoms with Crippen molar-refractivity contribution in [3.8, 4) is 5.75 Å². The molecule has 0 spiro atoms. The summed E-state index contributed by atoms with van der Waals surface area (Å²) in [6.45, 7) is 7.15. The van der Waals surface area contributed by atoms with Crippen LogP contribution in [0, 0.1) is 0 Å². The van der Waals surface area contributed by atoms with E-state index in [9.17, 15) is 13.2 Å². The number of benzene rings is 4. The van der Waals surface area contributed by atoms with Gasteiger partial charge in [0.25, 0.3) is 0 Å². The van der Waals surface area contributed by atoms with Crippen molar-refractivity contribution in [2.75, 3.05) is 61.0 Å². The lowest BCUT2D eigenvalue weighted by atomic mass is 9.96. The number of fused-ring (bicyclic) bond motifs is 3. The Morgan fingerprint density at radius 1 is 0.936 bits per heavy atom. The van der Waals surface area contributed by atoms with Crippen LogP contribution in [-0.2, 0) is 14.8 Å². The summed E-state index contributed by atoms with van der Waals surface area (Å²) >= 11 is 1.71. The summed E-state index contributed by atoms with van der Waals surface area (Å²) in [6.07, 6.45) is 3.24. The zero-order valence-corrected chi connectivity index (χ0v) is 29.3. The molecule has 0 saturated carbocycles. The molecule has 10 heteroatoms. The first-order chi connectivity index (χ1) is 22.5. The molecule has 2 aliphatic heterocycles. The molecule has 6 rings (SSSR count). The predicted molar refractivity (Wildman–Crippen MR) is 190 cm³/mol. The van der Waals surface area contributed by atoms with Gasteiger partial charge in [-0.1, -0.05) is 60.3 Å². The summed E-state index contributed by atoms with van der Waals surface area (Å²) in [6, 6.07) is 25.3. The molecule has 0 unspecified atom stereocenters. The molecule has 1 atom stereocenters. The van der Waals surface area contributed by atoms with Crippen LogP contribution < -0.4 is 4.74 Å². The monoisotopic (exact) mass is 673 g/mol. The van der Waals surface area contributed by atoms with Crippen LogP contribution in [0.5, 0.6) is 5.75 Å². The second-order valence-electron chi connectivity index (χ2n) is 12.1. The van der Waals surface area contributed by atoms with Gasteiger partial charge in [-0.15, -0.1) is 0 Å². The number of methoxy groups -OCH3 is 1. The Morgan fingerprint density at radius 3 is 2.32 bits per heavy atom. The van der Waals surface area contributed by atoms with E-state index in [1.807, 2.05) is 48.5 Å². The van der Waals surface area contributed by atoms with Crippen LogP contribution in [0.25, 0.3) is 16.3 Å². The summed E-state index contributed by atoms with van der Waals surface area (Å²) in [5, 5.41) is 11.0. The quantitative estimate of drug-likeness (QED) is 0.200. The molecular formula is C37H43N3O5S2. The highest BCUT2D eigenvalue weighted by molar-refractivity contribution is 7.99. The fourth-order valence-corrected chi connectivity index (χ4v) is 7.70. The van der Waals surface area contributed by atoms with Crippen molar-refractivity contribution in [1.29, 1.82) is 0 Å². The first-order valence-corrected chi connectivity index (χ1v) is 18.0. The third-order valence-electron chi connectivity index (χ3n) is 8.75. The average molecular weight is 674 g/mol. The van der Waals surface area contributed by atoms with Crippen LogP contribution in [-0.4, -0.2) is 94.6 Å². The maximum atomic E-state index is 12.7. The lowest BCUT2D eigenvalue weighted by molar-refractivity contribution is -0.138.